The molecule has 0 amide bonds. The molecule has 1 fully saturated rings. The van der Waals surface area contributed by atoms with Crippen LogP contribution in [0.5, 0.6) is 0 Å². The van der Waals surface area contributed by atoms with Gasteiger partial charge in [0.1, 0.15) is 16.3 Å². The summed E-state index contributed by atoms with van der Waals surface area (Å²) in [5.74, 6) is 0.367. The van der Waals surface area contributed by atoms with Gasteiger partial charge in [-0.05, 0) is 42.9 Å². The molecule has 0 unspecified atom stereocenters. The summed E-state index contributed by atoms with van der Waals surface area (Å²) >= 11 is 1.41. The molecule has 4 aromatic rings. The number of benzene rings is 1. The van der Waals surface area contributed by atoms with E-state index in [0.29, 0.717) is 17.3 Å². The molecule has 5 rings (SSSR count). The number of thiophene rings is 1. The molecular formula is C24H24N2O3S. The first-order valence-corrected chi connectivity index (χ1v) is 11.3. The molecule has 6 heteroatoms. The largest absolute Gasteiger partial charge is 0.477 e. The number of aromatic nitrogens is 2. The predicted molar refractivity (Wildman–Crippen MR) is 118 cm³/mol. The molecule has 3 aromatic heterocycles. The van der Waals surface area contributed by atoms with Crippen molar-refractivity contribution in [1.82, 2.24) is 9.72 Å². The number of aromatic carboxylic acids is 1. The SMILES string of the molecule is Cc1cc(Cn2c(-c3ccccc3)c(C3CCCCC3)c3sc(C(=O)O)cc32)no1. The van der Waals surface area contributed by atoms with Crippen molar-refractivity contribution >= 4 is 27.5 Å². The van der Waals surface area contributed by atoms with Gasteiger partial charge in [0.15, 0.2) is 0 Å². The molecule has 1 N–H and O–H groups in total. The highest BCUT2D eigenvalue weighted by Gasteiger charge is 2.29. The van der Waals surface area contributed by atoms with Crippen molar-refractivity contribution in [3.05, 3.63) is 64.4 Å². The van der Waals surface area contributed by atoms with Gasteiger partial charge in [-0.25, -0.2) is 4.79 Å². The van der Waals surface area contributed by atoms with Crippen LogP contribution in [0, 0.1) is 6.92 Å². The molecule has 30 heavy (non-hydrogen) atoms. The molecule has 5 nitrogen and oxygen atoms in total. The summed E-state index contributed by atoms with van der Waals surface area (Å²) in [5, 5.41) is 13.9. The van der Waals surface area contributed by atoms with Gasteiger partial charge < -0.3 is 14.2 Å². The number of carboxylic acid groups (broad SMARTS) is 1. The highest BCUT2D eigenvalue weighted by atomic mass is 32.1. The maximum absolute atomic E-state index is 11.8. The van der Waals surface area contributed by atoms with Gasteiger partial charge in [-0.2, -0.15) is 0 Å². The fourth-order valence-electron chi connectivity index (χ4n) is 4.75. The van der Waals surface area contributed by atoms with Crippen LogP contribution in [0.1, 0.15) is 64.7 Å². The van der Waals surface area contributed by atoms with E-state index >= 15 is 0 Å². The number of fused-ring (bicyclic) bond motifs is 1. The average molecular weight is 421 g/mol. The molecule has 3 heterocycles. The van der Waals surface area contributed by atoms with E-state index in [1.54, 1.807) is 0 Å². The van der Waals surface area contributed by atoms with Crippen molar-refractivity contribution in [2.24, 2.45) is 0 Å². The van der Waals surface area contributed by atoms with Gasteiger partial charge in [-0.3, -0.25) is 0 Å². The molecule has 0 saturated heterocycles. The summed E-state index contributed by atoms with van der Waals surface area (Å²) in [5.41, 5.74) is 5.51. The van der Waals surface area contributed by atoms with Gasteiger partial charge in [-0.15, -0.1) is 11.3 Å². The molecular weight excluding hydrogens is 396 g/mol. The Bertz CT molecular complexity index is 1200. The average Bonchev–Trinajstić information content (AvgIpc) is 3.44. The third-order valence-corrected chi connectivity index (χ3v) is 7.19. The second-order valence-corrected chi connectivity index (χ2v) is 9.16. The zero-order chi connectivity index (χ0) is 20.7. The van der Waals surface area contributed by atoms with E-state index in [2.05, 4.69) is 34.0 Å². The Morgan fingerprint density at radius 1 is 1.20 bits per heavy atom. The van der Waals surface area contributed by atoms with E-state index in [4.69, 9.17) is 4.52 Å². The van der Waals surface area contributed by atoms with Crippen LogP contribution < -0.4 is 0 Å². The van der Waals surface area contributed by atoms with E-state index in [9.17, 15) is 9.90 Å². The third-order valence-electron chi connectivity index (χ3n) is 6.04. The van der Waals surface area contributed by atoms with Gasteiger partial charge >= 0.3 is 5.97 Å². The summed E-state index contributed by atoms with van der Waals surface area (Å²) in [7, 11) is 0. The van der Waals surface area contributed by atoms with E-state index < -0.39 is 5.97 Å². The highest BCUT2D eigenvalue weighted by Crippen LogP contribution is 2.46. The van der Waals surface area contributed by atoms with Crippen LogP contribution in [0.2, 0.25) is 0 Å². The minimum Gasteiger partial charge on any atom is -0.477 e. The Morgan fingerprint density at radius 2 is 1.97 bits per heavy atom. The molecule has 0 bridgehead atoms. The Hall–Kier alpha value is -2.86. The predicted octanol–water partition coefficient (Wildman–Crippen LogP) is 6.46. The third kappa shape index (κ3) is 3.35. The maximum Gasteiger partial charge on any atom is 0.345 e. The molecule has 1 aromatic carbocycles. The highest BCUT2D eigenvalue weighted by molar-refractivity contribution is 7.21. The summed E-state index contributed by atoms with van der Waals surface area (Å²) in [6, 6.07) is 14.2. The molecule has 0 radical (unpaired) electrons. The number of hydrogen-bond acceptors (Lipinski definition) is 4. The Morgan fingerprint density at radius 3 is 2.63 bits per heavy atom. The number of rotatable bonds is 5. The lowest BCUT2D eigenvalue weighted by Crippen LogP contribution is -2.08. The topological polar surface area (TPSA) is 68.3 Å². The van der Waals surface area contributed by atoms with Crippen molar-refractivity contribution in [2.45, 2.75) is 51.5 Å². The number of hydrogen-bond donors (Lipinski definition) is 1. The van der Waals surface area contributed by atoms with Crippen LogP contribution in [0.25, 0.3) is 21.5 Å². The van der Waals surface area contributed by atoms with Crippen molar-refractivity contribution in [3.8, 4) is 11.3 Å². The van der Waals surface area contributed by atoms with Crippen molar-refractivity contribution in [1.29, 1.82) is 0 Å². The normalized spacial score (nSPS) is 15.1. The lowest BCUT2D eigenvalue weighted by atomic mass is 9.83. The minimum absolute atomic E-state index is 0.391. The number of nitrogens with zero attached hydrogens (tertiary/aromatic N) is 2. The lowest BCUT2D eigenvalue weighted by molar-refractivity contribution is 0.0702. The molecule has 0 aliphatic heterocycles. The summed E-state index contributed by atoms with van der Waals surface area (Å²) < 4.78 is 8.66. The van der Waals surface area contributed by atoms with Crippen LogP contribution in [0.15, 0.2) is 47.0 Å². The van der Waals surface area contributed by atoms with Crippen molar-refractivity contribution in [3.63, 3.8) is 0 Å². The van der Waals surface area contributed by atoms with Gasteiger partial charge in [0, 0.05) is 6.07 Å². The van der Waals surface area contributed by atoms with Gasteiger partial charge in [0.25, 0.3) is 0 Å². The van der Waals surface area contributed by atoms with Crippen molar-refractivity contribution in [2.75, 3.05) is 0 Å². The summed E-state index contributed by atoms with van der Waals surface area (Å²) in [4.78, 5) is 12.1. The molecule has 1 aliphatic rings. The van der Waals surface area contributed by atoms with Gasteiger partial charge in [0.05, 0.1) is 22.5 Å². The van der Waals surface area contributed by atoms with Crippen LogP contribution in [0.3, 0.4) is 0 Å². The van der Waals surface area contributed by atoms with E-state index in [1.165, 1.54) is 47.4 Å². The minimum atomic E-state index is -0.865. The van der Waals surface area contributed by atoms with Gasteiger partial charge in [-0.1, -0.05) is 54.8 Å². The molecule has 1 saturated carbocycles. The molecule has 0 atom stereocenters. The number of aryl methyl sites for hydroxylation is 1. The monoisotopic (exact) mass is 420 g/mol. The van der Waals surface area contributed by atoms with Crippen LogP contribution in [-0.4, -0.2) is 20.8 Å². The smallest absolute Gasteiger partial charge is 0.345 e. The fraction of sp³-hybridized carbons (Fsp3) is 0.333. The zero-order valence-electron chi connectivity index (χ0n) is 16.9. The first-order chi connectivity index (χ1) is 14.6. The van der Waals surface area contributed by atoms with Crippen molar-refractivity contribution < 1.29 is 14.4 Å². The van der Waals surface area contributed by atoms with Gasteiger partial charge in [0.2, 0.25) is 0 Å². The Labute approximate surface area is 178 Å². The molecule has 0 spiro atoms. The summed E-state index contributed by atoms with van der Waals surface area (Å²) in [6.07, 6.45) is 6.05. The van der Waals surface area contributed by atoms with E-state index in [-0.39, 0.29) is 0 Å². The number of carbonyl (C=O) groups is 1. The number of carboxylic acids is 1. The molecule has 1 aliphatic carbocycles. The zero-order valence-corrected chi connectivity index (χ0v) is 17.7. The fourth-order valence-corrected chi connectivity index (χ4v) is 5.87. The lowest BCUT2D eigenvalue weighted by Gasteiger charge is -2.23. The standard InChI is InChI=1S/C24H24N2O3S/c1-15-12-18(25-29-15)14-26-19-13-20(24(27)28)30-23(19)21(16-8-4-2-5-9-16)22(26)17-10-6-3-7-11-17/h3,6-7,10-13,16H,2,4-5,8-9,14H2,1H3,(H,27,28). The quantitative estimate of drug-likeness (QED) is 0.402. The summed E-state index contributed by atoms with van der Waals surface area (Å²) in [6.45, 7) is 2.45. The van der Waals surface area contributed by atoms with Crippen LogP contribution in [0.4, 0.5) is 0 Å². The van der Waals surface area contributed by atoms with E-state index in [1.807, 2.05) is 25.1 Å². The Balaban J connectivity index is 1.78. The Kier molecular flexibility index (Phi) is 4.95. The second kappa shape index (κ2) is 7.76. The maximum atomic E-state index is 11.8. The van der Waals surface area contributed by atoms with Crippen LogP contribution >= 0.6 is 11.3 Å². The second-order valence-electron chi connectivity index (χ2n) is 8.11. The van der Waals surface area contributed by atoms with Crippen LogP contribution in [-0.2, 0) is 6.54 Å². The molecule has 154 valence electrons. The van der Waals surface area contributed by atoms with E-state index in [0.717, 1.165) is 34.5 Å². The first kappa shape index (κ1) is 19.1. The first-order valence-electron chi connectivity index (χ1n) is 10.5.